The van der Waals surface area contributed by atoms with Crippen LogP contribution >= 0.6 is 0 Å². The molecule has 2 aromatic heterocycles. The summed E-state index contributed by atoms with van der Waals surface area (Å²) in [6, 6.07) is 2.67. The van der Waals surface area contributed by atoms with Crippen LogP contribution in [0.4, 0.5) is 0 Å². The highest BCUT2D eigenvalue weighted by molar-refractivity contribution is 5.95. The van der Waals surface area contributed by atoms with Gasteiger partial charge in [-0.05, 0) is 24.0 Å². The topological polar surface area (TPSA) is 232 Å². The Morgan fingerprint density at radius 1 is 0.929 bits per heavy atom. The van der Waals surface area contributed by atoms with E-state index in [2.05, 4.69) is 30.9 Å². The van der Waals surface area contributed by atoms with E-state index in [4.69, 9.17) is 10.8 Å². The number of amides is 3. The first-order chi connectivity index (χ1) is 20.0. The van der Waals surface area contributed by atoms with Crippen LogP contribution in [-0.2, 0) is 36.8 Å². The van der Waals surface area contributed by atoms with Crippen LogP contribution < -0.4 is 21.7 Å². The second-order valence-electron chi connectivity index (χ2n) is 10.2. The molecule has 0 spiro atoms. The van der Waals surface area contributed by atoms with E-state index in [1.54, 1.807) is 6.20 Å². The fraction of sp³-hybridized carbons (Fsp3) is 0.429. The highest BCUT2D eigenvalue weighted by atomic mass is 16.4. The molecule has 1 aromatic carbocycles. The molecule has 3 aromatic rings. The fourth-order valence-electron chi connectivity index (χ4n) is 4.41. The molecule has 2 heterocycles. The number of imidazole rings is 1. The summed E-state index contributed by atoms with van der Waals surface area (Å²) in [5.41, 5.74) is 8.20. The predicted molar refractivity (Wildman–Crippen MR) is 152 cm³/mol. The summed E-state index contributed by atoms with van der Waals surface area (Å²) in [5, 5.41) is 27.0. The number of carboxylic acid groups (broad SMARTS) is 2. The van der Waals surface area contributed by atoms with Gasteiger partial charge in [-0.15, -0.1) is 0 Å². The molecule has 14 heteroatoms. The molecule has 0 aliphatic carbocycles. The Balaban J connectivity index is 1.87. The molecule has 0 bridgehead atoms. The maximum atomic E-state index is 13.7. The highest BCUT2D eigenvalue weighted by Gasteiger charge is 2.32. The summed E-state index contributed by atoms with van der Waals surface area (Å²) in [4.78, 5) is 72.6. The van der Waals surface area contributed by atoms with E-state index in [1.165, 1.54) is 12.5 Å². The molecule has 3 rings (SSSR count). The second-order valence-corrected chi connectivity index (χ2v) is 10.2. The van der Waals surface area contributed by atoms with Gasteiger partial charge in [-0.2, -0.15) is 0 Å². The van der Waals surface area contributed by atoms with Gasteiger partial charge in [-0.1, -0.05) is 38.5 Å². The van der Waals surface area contributed by atoms with E-state index >= 15 is 0 Å². The van der Waals surface area contributed by atoms with Crippen molar-refractivity contribution < 1.29 is 34.2 Å². The van der Waals surface area contributed by atoms with Gasteiger partial charge in [0.25, 0.3) is 0 Å². The molecule has 42 heavy (non-hydrogen) atoms. The van der Waals surface area contributed by atoms with Gasteiger partial charge in [0.2, 0.25) is 17.7 Å². The van der Waals surface area contributed by atoms with Crippen molar-refractivity contribution in [3.8, 4) is 0 Å². The van der Waals surface area contributed by atoms with Crippen molar-refractivity contribution in [2.24, 2.45) is 11.7 Å². The minimum atomic E-state index is -1.50. The van der Waals surface area contributed by atoms with Gasteiger partial charge in [0.05, 0.1) is 12.4 Å². The van der Waals surface area contributed by atoms with Gasteiger partial charge in [0.1, 0.15) is 18.1 Å². The molecule has 226 valence electrons. The lowest BCUT2D eigenvalue weighted by atomic mass is 9.98. The standard InChI is InChI=1S/C28H37N7O7/c1-3-15(2)24(29)27(40)35-21(10-16-12-31-19-7-5-4-6-18(16)19)25(38)34-22(11-17-13-30-14-32-17)26(39)33-20(28(41)42)8-9-23(36)37/h4-7,12-15,20-22,24,31H,3,8-11,29H2,1-2H3,(H,30,32)(H,33,39)(H,34,38)(H,35,40)(H,36,37)(H,41,42). The lowest BCUT2D eigenvalue weighted by Crippen LogP contribution is -2.58. The minimum absolute atomic E-state index is 0.0730. The maximum absolute atomic E-state index is 13.7. The minimum Gasteiger partial charge on any atom is -0.481 e. The first kappa shape index (κ1) is 31.8. The number of carboxylic acids is 2. The Morgan fingerprint density at radius 3 is 2.19 bits per heavy atom. The zero-order chi connectivity index (χ0) is 30.8. The monoisotopic (exact) mass is 583 g/mol. The number of carbonyl (C=O) groups excluding carboxylic acids is 3. The van der Waals surface area contributed by atoms with Crippen LogP contribution in [0.15, 0.2) is 43.0 Å². The first-order valence-corrected chi connectivity index (χ1v) is 13.6. The van der Waals surface area contributed by atoms with Gasteiger partial charge >= 0.3 is 11.9 Å². The van der Waals surface area contributed by atoms with E-state index in [0.29, 0.717) is 12.1 Å². The number of nitrogens with zero attached hydrogens (tertiary/aromatic N) is 1. The molecule has 0 saturated heterocycles. The normalized spacial score (nSPS) is 14.7. The van der Waals surface area contributed by atoms with E-state index in [-0.39, 0.29) is 25.2 Å². The lowest BCUT2D eigenvalue weighted by Gasteiger charge is -2.26. The van der Waals surface area contributed by atoms with E-state index in [9.17, 15) is 29.1 Å². The molecule has 0 aliphatic heterocycles. The van der Waals surface area contributed by atoms with Gasteiger partial charge < -0.3 is 41.9 Å². The number of aromatic amines is 2. The number of nitrogens with two attached hydrogens (primary N) is 1. The number of hydrogen-bond acceptors (Lipinski definition) is 7. The summed E-state index contributed by atoms with van der Waals surface area (Å²) < 4.78 is 0. The number of hydrogen-bond donors (Lipinski definition) is 8. The maximum Gasteiger partial charge on any atom is 0.326 e. The molecular formula is C28H37N7O7. The van der Waals surface area contributed by atoms with Gasteiger partial charge in [-0.25, -0.2) is 9.78 Å². The number of benzene rings is 1. The fourth-order valence-corrected chi connectivity index (χ4v) is 4.41. The molecule has 14 nitrogen and oxygen atoms in total. The number of fused-ring (bicyclic) bond motifs is 1. The Kier molecular flexibility index (Phi) is 11.2. The summed E-state index contributed by atoms with van der Waals surface area (Å²) in [7, 11) is 0. The summed E-state index contributed by atoms with van der Waals surface area (Å²) in [5.74, 6) is -4.85. The third-order valence-electron chi connectivity index (χ3n) is 7.17. The zero-order valence-corrected chi connectivity index (χ0v) is 23.4. The molecule has 0 radical (unpaired) electrons. The van der Waals surface area contributed by atoms with Crippen molar-refractivity contribution in [3.05, 3.63) is 54.2 Å². The van der Waals surface area contributed by atoms with Crippen molar-refractivity contribution in [2.75, 3.05) is 0 Å². The molecule has 5 atom stereocenters. The SMILES string of the molecule is CCC(C)C(N)C(=O)NC(Cc1c[nH]c2ccccc12)C(=O)NC(Cc1cnc[nH]1)C(=O)NC(CCC(=O)O)C(=O)O. The summed E-state index contributed by atoms with van der Waals surface area (Å²) in [6.45, 7) is 3.72. The Labute approximate surface area is 241 Å². The van der Waals surface area contributed by atoms with Crippen molar-refractivity contribution in [1.82, 2.24) is 30.9 Å². The van der Waals surface area contributed by atoms with Crippen LogP contribution in [0.3, 0.4) is 0 Å². The largest absolute Gasteiger partial charge is 0.481 e. The van der Waals surface area contributed by atoms with Gasteiger partial charge in [0.15, 0.2) is 0 Å². The third kappa shape index (κ3) is 8.64. The quantitative estimate of drug-likeness (QED) is 0.117. The summed E-state index contributed by atoms with van der Waals surface area (Å²) >= 11 is 0. The van der Waals surface area contributed by atoms with Crippen molar-refractivity contribution in [2.45, 2.75) is 70.1 Å². The molecular weight excluding hydrogens is 546 g/mol. The smallest absolute Gasteiger partial charge is 0.326 e. The molecule has 3 amide bonds. The zero-order valence-electron chi connectivity index (χ0n) is 23.4. The molecule has 9 N–H and O–H groups in total. The van der Waals surface area contributed by atoms with Crippen LogP contribution in [0.25, 0.3) is 10.9 Å². The number of aliphatic carboxylic acids is 2. The highest BCUT2D eigenvalue weighted by Crippen LogP contribution is 2.19. The Hall–Kier alpha value is -4.72. The predicted octanol–water partition coefficient (Wildman–Crippen LogP) is 0.453. The number of aromatic nitrogens is 3. The Morgan fingerprint density at radius 2 is 1.57 bits per heavy atom. The summed E-state index contributed by atoms with van der Waals surface area (Å²) in [6.07, 6.45) is 4.37. The lowest BCUT2D eigenvalue weighted by molar-refractivity contribution is -0.143. The van der Waals surface area contributed by atoms with Crippen molar-refractivity contribution >= 4 is 40.6 Å². The Bertz CT molecular complexity index is 1390. The van der Waals surface area contributed by atoms with Crippen LogP contribution in [0, 0.1) is 5.92 Å². The van der Waals surface area contributed by atoms with Gasteiger partial charge in [0, 0.05) is 48.3 Å². The van der Waals surface area contributed by atoms with Crippen LogP contribution in [-0.4, -0.2) is 79.0 Å². The number of nitrogens with one attached hydrogen (secondary N) is 5. The second kappa shape index (κ2) is 14.8. The molecule has 5 unspecified atom stereocenters. The van der Waals surface area contributed by atoms with Crippen LogP contribution in [0.2, 0.25) is 0 Å². The molecule has 0 saturated carbocycles. The number of carbonyl (C=O) groups is 5. The van der Waals surface area contributed by atoms with E-state index in [1.807, 2.05) is 38.1 Å². The van der Waals surface area contributed by atoms with Crippen molar-refractivity contribution in [1.29, 1.82) is 0 Å². The van der Waals surface area contributed by atoms with E-state index in [0.717, 1.165) is 16.5 Å². The average molecular weight is 584 g/mol. The number of rotatable bonds is 16. The number of H-pyrrole nitrogens is 2. The van der Waals surface area contributed by atoms with Crippen LogP contribution in [0.5, 0.6) is 0 Å². The van der Waals surface area contributed by atoms with Gasteiger partial charge in [-0.3, -0.25) is 19.2 Å². The van der Waals surface area contributed by atoms with Crippen LogP contribution in [0.1, 0.15) is 44.4 Å². The molecule has 0 aliphatic rings. The number of para-hydroxylation sites is 1. The first-order valence-electron chi connectivity index (χ1n) is 13.6. The molecule has 0 fully saturated rings. The average Bonchev–Trinajstić information content (AvgIpc) is 3.63. The third-order valence-corrected chi connectivity index (χ3v) is 7.17. The van der Waals surface area contributed by atoms with Crippen molar-refractivity contribution in [3.63, 3.8) is 0 Å². The van der Waals surface area contributed by atoms with E-state index < -0.39 is 60.2 Å².